The maximum atomic E-state index is 5.52. The van der Waals surface area contributed by atoms with Crippen LogP contribution in [0.3, 0.4) is 0 Å². The van der Waals surface area contributed by atoms with Gasteiger partial charge in [0.1, 0.15) is 0 Å². The molecule has 0 aliphatic carbocycles. The number of hydrogen-bond acceptors (Lipinski definition) is 2. The molecule has 0 N–H and O–H groups in total. The standard InChI is InChI=1S/C13H20O2/c1-4-12-6-5-11(2)13(9-12)10-15-8-7-14-3/h5-6,9H,4,7-8,10H2,1-3H3. The molecule has 0 bridgehead atoms. The zero-order valence-electron chi connectivity index (χ0n) is 9.88. The van der Waals surface area contributed by atoms with E-state index in [0.29, 0.717) is 19.8 Å². The highest BCUT2D eigenvalue weighted by molar-refractivity contribution is 5.30. The Morgan fingerprint density at radius 3 is 2.67 bits per heavy atom. The lowest BCUT2D eigenvalue weighted by molar-refractivity contribution is 0.0614. The van der Waals surface area contributed by atoms with Crippen molar-refractivity contribution in [3.05, 3.63) is 34.9 Å². The summed E-state index contributed by atoms with van der Waals surface area (Å²) in [6, 6.07) is 6.56. The summed E-state index contributed by atoms with van der Waals surface area (Å²) < 4.78 is 10.4. The first-order valence-corrected chi connectivity index (χ1v) is 5.43. The van der Waals surface area contributed by atoms with Gasteiger partial charge in [0.05, 0.1) is 19.8 Å². The molecular formula is C13H20O2. The maximum absolute atomic E-state index is 5.52. The van der Waals surface area contributed by atoms with E-state index in [1.807, 2.05) is 0 Å². The van der Waals surface area contributed by atoms with Crippen LogP contribution in [0.15, 0.2) is 18.2 Å². The van der Waals surface area contributed by atoms with Crippen molar-refractivity contribution in [1.29, 1.82) is 0 Å². The molecular weight excluding hydrogens is 188 g/mol. The summed E-state index contributed by atoms with van der Waals surface area (Å²) in [6.45, 7) is 6.29. The van der Waals surface area contributed by atoms with Crippen molar-refractivity contribution in [3.8, 4) is 0 Å². The fourth-order valence-electron chi connectivity index (χ4n) is 1.42. The molecule has 0 spiro atoms. The molecule has 0 unspecified atom stereocenters. The average Bonchev–Trinajstić information content (AvgIpc) is 2.26. The van der Waals surface area contributed by atoms with Crippen molar-refractivity contribution in [1.82, 2.24) is 0 Å². The van der Waals surface area contributed by atoms with Crippen LogP contribution in [0.1, 0.15) is 23.6 Å². The Balaban J connectivity index is 2.51. The molecule has 0 saturated heterocycles. The van der Waals surface area contributed by atoms with Crippen molar-refractivity contribution >= 4 is 0 Å². The van der Waals surface area contributed by atoms with Crippen molar-refractivity contribution in [2.45, 2.75) is 26.9 Å². The minimum absolute atomic E-state index is 0.659. The van der Waals surface area contributed by atoms with Gasteiger partial charge in [0.25, 0.3) is 0 Å². The third-order valence-electron chi connectivity index (χ3n) is 2.51. The highest BCUT2D eigenvalue weighted by atomic mass is 16.5. The first kappa shape index (κ1) is 12.2. The lowest BCUT2D eigenvalue weighted by atomic mass is 10.0. The smallest absolute Gasteiger partial charge is 0.0720 e. The largest absolute Gasteiger partial charge is 0.382 e. The lowest BCUT2D eigenvalue weighted by Crippen LogP contribution is -2.03. The Hall–Kier alpha value is -0.860. The Morgan fingerprint density at radius 2 is 2.00 bits per heavy atom. The van der Waals surface area contributed by atoms with E-state index in [4.69, 9.17) is 9.47 Å². The second-order valence-corrected chi connectivity index (χ2v) is 3.66. The molecule has 1 aromatic carbocycles. The molecule has 84 valence electrons. The van der Waals surface area contributed by atoms with Crippen LogP contribution in [0.25, 0.3) is 0 Å². The molecule has 2 nitrogen and oxygen atoms in total. The van der Waals surface area contributed by atoms with Gasteiger partial charge in [0.2, 0.25) is 0 Å². The van der Waals surface area contributed by atoms with Crippen LogP contribution in [0.2, 0.25) is 0 Å². The number of hydrogen-bond donors (Lipinski definition) is 0. The predicted octanol–water partition coefficient (Wildman–Crippen LogP) is 2.72. The summed E-state index contributed by atoms with van der Waals surface area (Å²) >= 11 is 0. The Morgan fingerprint density at radius 1 is 1.20 bits per heavy atom. The van der Waals surface area contributed by atoms with Gasteiger partial charge in [0, 0.05) is 7.11 Å². The zero-order valence-corrected chi connectivity index (χ0v) is 9.88. The third-order valence-corrected chi connectivity index (χ3v) is 2.51. The average molecular weight is 208 g/mol. The molecule has 0 radical (unpaired) electrons. The molecule has 0 amide bonds. The van der Waals surface area contributed by atoms with Gasteiger partial charge in [-0.2, -0.15) is 0 Å². The van der Waals surface area contributed by atoms with Crippen LogP contribution in [0.5, 0.6) is 0 Å². The molecule has 0 heterocycles. The topological polar surface area (TPSA) is 18.5 Å². The second-order valence-electron chi connectivity index (χ2n) is 3.66. The fourth-order valence-corrected chi connectivity index (χ4v) is 1.42. The number of methoxy groups -OCH3 is 1. The Kier molecular flexibility index (Phi) is 5.37. The van der Waals surface area contributed by atoms with E-state index in [1.165, 1.54) is 16.7 Å². The van der Waals surface area contributed by atoms with Crippen LogP contribution in [0.4, 0.5) is 0 Å². The normalized spacial score (nSPS) is 10.6. The van der Waals surface area contributed by atoms with Gasteiger partial charge < -0.3 is 9.47 Å². The second kappa shape index (κ2) is 6.59. The van der Waals surface area contributed by atoms with Crippen LogP contribution >= 0.6 is 0 Å². The zero-order chi connectivity index (χ0) is 11.1. The van der Waals surface area contributed by atoms with Crippen LogP contribution in [-0.4, -0.2) is 20.3 Å². The van der Waals surface area contributed by atoms with E-state index in [2.05, 4.69) is 32.0 Å². The van der Waals surface area contributed by atoms with Gasteiger partial charge in [-0.05, 0) is 30.0 Å². The van der Waals surface area contributed by atoms with E-state index >= 15 is 0 Å². The van der Waals surface area contributed by atoms with E-state index in [0.717, 1.165) is 6.42 Å². The molecule has 15 heavy (non-hydrogen) atoms. The quantitative estimate of drug-likeness (QED) is 0.669. The van der Waals surface area contributed by atoms with Crippen molar-refractivity contribution in [2.24, 2.45) is 0 Å². The SMILES string of the molecule is CCc1ccc(C)c(COCCOC)c1. The molecule has 1 aromatic rings. The molecule has 0 atom stereocenters. The molecule has 2 heteroatoms. The Bertz CT molecular complexity index is 295. The number of benzene rings is 1. The minimum atomic E-state index is 0.659. The number of ether oxygens (including phenoxy) is 2. The molecule has 0 fully saturated rings. The van der Waals surface area contributed by atoms with Crippen LogP contribution in [-0.2, 0) is 22.5 Å². The molecule has 0 aromatic heterocycles. The van der Waals surface area contributed by atoms with Gasteiger partial charge in [-0.1, -0.05) is 25.1 Å². The minimum Gasteiger partial charge on any atom is -0.382 e. The fraction of sp³-hybridized carbons (Fsp3) is 0.538. The first-order valence-electron chi connectivity index (χ1n) is 5.43. The summed E-state index contributed by atoms with van der Waals surface area (Å²) in [5.41, 5.74) is 3.95. The number of aryl methyl sites for hydroxylation is 2. The number of rotatable bonds is 6. The van der Waals surface area contributed by atoms with E-state index in [9.17, 15) is 0 Å². The first-order chi connectivity index (χ1) is 7.27. The highest BCUT2D eigenvalue weighted by Gasteiger charge is 1.99. The predicted molar refractivity (Wildman–Crippen MR) is 62.1 cm³/mol. The Labute approximate surface area is 92.2 Å². The molecule has 0 aliphatic heterocycles. The molecule has 0 saturated carbocycles. The summed E-state index contributed by atoms with van der Waals surface area (Å²) in [5.74, 6) is 0. The summed E-state index contributed by atoms with van der Waals surface area (Å²) in [5, 5.41) is 0. The monoisotopic (exact) mass is 208 g/mol. The third kappa shape index (κ3) is 4.02. The summed E-state index contributed by atoms with van der Waals surface area (Å²) in [7, 11) is 1.69. The van der Waals surface area contributed by atoms with Crippen molar-refractivity contribution < 1.29 is 9.47 Å². The highest BCUT2D eigenvalue weighted by Crippen LogP contribution is 2.12. The molecule has 0 aliphatic rings. The maximum Gasteiger partial charge on any atom is 0.0720 e. The van der Waals surface area contributed by atoms with Crippen molar-refractivity contribution in [2.75, 3.05) is 20.3 Å². The lowest BCUT2D eigenvalue weighted by Gasteiger charge is -2.08. The van der Waals surface area contributed by atoms with Gasteiger partial charge in [0.15, 0.2) is 0 Å². The van der Waals surface area contributed by atoms with Crippen LogP contribution in [0, 0.1) is 6.92 Å². The van der Waals surface area contributed by atoms with Crippen LogP contribution < -0.4 is 0 Å². The van der Waals surface area contributed by atoms with Gasteiger partial charge >= 0.3 is 0 Å². The molecule has 1 rings (SSSR count). The van der Waals surface area contributed by atoms with E-state index in [-0.39, 0.29) is 0 Å². The van der Waals surface area contributed by atoms with Crippen molar-refractivity contribution in [3.63, 3.8) is 0 Å². The van der Waals surface area contributed by atoms with Gasteiger partial charge in [-0.3, -0.25) is 0 Å². The summed E-state index contributed by atoms with van der Waals surface area (Å²) in [4.78, 5) is 0. The van der Waals surface area contributed by atoms with Gasteiger partial charge in [-0.25, -0.2) is 0 Å². The summed E-state index contributed by atoms with van der Waals surface area (Å²) in [6.07, 6.45) is 1.07. The van der Waals surface area contributed by atoms with E-state index in [1.54, 1.807) is 7.11 Å². The van der Waals surface area contributed by atoms with E-state index < -0.39 is 0 Å². The van der Waals surface area contributed by atoms with Gasteiger partial charge in [-0.15, -0.1) is 0 Å².